The molecule has 0 fully saturated rings. The Morgan fingerprint density at radius 3 is 2.33 bits per heavy atom. The number of hydrazine groups is 1. The molecule has 18 heavy (non-hydrogen) atoms. The number of benzene rings is 1. The summed E-state index contributed by atoms with van der Waals surface area (Å²) in [5, 5.41) is 0.999. The summed E-state index contributed by atoms with van der Waals surface area (Å²) in [6.07, 6.45) is 0. The van der Waals surface area contributed by atoms with Crippen LogP contribution in [-0.2, 0) is 4.79 Å². The van der Waals surface area contributed by atoms with E-state index in [1.807, 2.05) is 26.8 Å². The van der Waals surface area contributed by atoms with Crippen LogP contribution in [0, 0.1) is 20.8 Å². The van der Waals surface area contributed by atoms with Crippen LogP contribution in [0.5, 0.6) is 5.75 Å². The summed E-state index contributed by atoms with van der Waals surface area (Å²) < 4.78 is 5.40. The molecule has 1 aromatic rings. The van der Waals surface area contributed by atoms with Crippen LogP contribution in [0.3, 0.4) is 0 Å². The molecular formula is C13H21N3O2. The maximum absolute atomic E-state index is 11.9. The molecule has 0 aliphatic rings. The standard InChI is InChI=1S/C13H21N3O2/c1-7-6-8(2)10(12(18-5)9(7)3)11(14)13(17)16(4)15/h6,11H,14-15H2,1-5H3. The molecule has 0 radical (unpaired) electrons. The van der Waals surface area contributed by atoms with E-state index in [1.54, 1.807) is 7.11 Å². The highest BCUT2D eigenvalue weighted by Crippen LogP contribution is 2.33. The zero-order valence-electron chi connectivity index (χ0n) is 11.6. The van der Waals surface area contributed by atoms with E-state index in [2.05, 4.69) is 0 Å². The number of rotatable bonds is 3. The second-order valence-corrected chi connectivity index (χ2v) is 4.51. The van der Waals surface area contributed by atoms with Gasteiger partial charge in [0, 0.05) is 12.6 Å². The molecule has 1 unspecified atom stereocenters. The summed E-state index contributed by atoms with van der Waals surface area (Å²) in [4.78, 5) is 11.9. The molecule has 0 aromatic heterocycles. The normalized spacial score (nSPS) is 12.2. The molecule has 1 atom stereocenters. The van der Waals surface area contributed by atoms with Crippen molar-refractivity contribution >= 4 is 5.91 Å². The second kappa shape index (κ2) is 5.37. The number of carbonyl (C=O) groups excluding carboxylic acids is 1. The van der Waals surface area contributed by atoms with Gasteiger partial charge >= 0.3 is 0 Å². The maximum atomic E-state index is 11.9. The van der Waals surface area contributed by atoms with Gasteiger partial charge in [-0.15, -0.1) is 0 Å². The third-order valence-electron chi connectivity index (χ3n) is 3.16. The Balaban J connectivity index is 3.40. The fraction of sp³-hybridized carbons (Fsp3) is 0.462. The van der Waals surface area contributed by atoms with Crippen molar-refractivity contribution in [3.63, 3.8) is 0 Å². The fourth-order valence-corrected chi connectivity index (χ4v) is 2.06. The summed E-state index contributed by atoms with van der Waals surface area (Å²) >= 11 is 0. The van der Waals surface area contributed by atoms with E-state index in [1.165, 1.54) is 7.05 Å². The first-order valence-corrected chi connectivity index (χ1v) is 5.73. The topological polar surface area (TPSA) is 81.6 Å². The monoisotopic (exact) mass is 251 g/mol. The minimum Gasteiger partial charge on any atom is -0.496 e. The Labute approximate surface area is 108 Å². The third-order valence-corrected chi connectivity index (χ3v) is 3.16. The highest BCUT2D eigenvalue weighted by Gasteiger charge is 2.25. The van der Waals surface area contributed by atoms with Crippen molar-refractivity contribution in [2.75, 3.05) is 14.2 Å². The molecule has 0 aliphatic carbocycles. The minimum absolute atomic E-state index is 0.348. The van der Waals surface area contributed by atoms with Gasteiger partial charge in [0.25, 0.3) is 5.91 Å². The number of hydrogen-bond donors (Lipinski definition) is 2. The lowest BCUT2D eigenvalue weighted by molar-refractivity contribution is -0.131. The summed E-state index contributed by atoms with van der Waals surface area (Å²) in [5.41, 5.74) is 9.70. The van der Waals surface area contributed by atoms with Gasteiger partial charge in [-0.2, -0.15) is 0 Å². The van der Waals surface area contributed by atoms with E-state index in [9.17, 15) is 4.79 Å². The van der Waals surface area contributed by atoms with Gasteiger partial charge < -0.3 is 10.5 Å². The van der Waals surface area contributed by atoms with Crippen LogP contribution in [0.15, 0.2) is 6.07 Å². The zero-order chi connectivity index (χ0) is 14.0. The van der Waals surface area contributed by atoms with Gasteiger partial charge in [-0.05, 0) is 37.5 Å². The van der Waals surface area contributed by atoms with Gasteiger partial charge in [0.15, 0.2) is 0 Å². The van der Waals surface area contributed by atoms with Crippen LogP contribution in [0.2, 0.25) is 0 Å². The van der Waals surface area contributed by atoms with Crippen molar-refractivity contribution in [3.8, 4) is 5.75 Å². The Kier molecular flexibility index (Phi) is 4.32. The molecule has 1 rings (SSSR count). The first kappa shape index (κ1) is 14.5. The average molecular weight is 251 g/mol. The molecule has 5 nitrogen and oxygen atoms in total. The molecule has 5 heteroatoms. The molecular weight excluding hydrogens is 230 g/mol. The molecule has 0 bridgehead atoms. The molecule has 1 amide bonds. The Morgan fingerprint density at radius 2 is 1.89 bits per heavy atom. The highest BCUT2D eigenvalue weighted by molar-refractivity contribution is 5.84. The molecule has 0 heterocycles. The van der Waals surface area contributed by atoms with Crippen LogP contribution in [0.4, 0.5) is 0 Å². The molecule has 0 spiro atoms. The lowest BCUT2D eigenvalue weighted by atomic mass is 9.94. The summed E-state index contributed by atoms with van der Waals surface area (Å²) in [6, 6.07) is 1.19. The van der Waals surface area contributed by atoms with Crippen molar-refractivity contribution in [3.05, 3.63) is 28.3 Å². The van der Waals surface area contributed by atoms with Crippen LogP contribution in [-0.4, -0.2) is 25.1 Å². The largest absolute Gasteiger partial charge is 0.496 e. The lowest BCUT2D eigenvalue weighted by Crippen LogP contribution is -2.40. The minimum atomic E-state index is -0.811. The second-order valence-electron chi connectivity index (χ2n) is 4.51. The smallest absolute Gasteiger partial charge is 0.257 e. The summed E-state index contributed by atoms with van der Waals surface area (Å²) in [7, 11) is 3.05. The van der Waals surface area contributed by atoms with Crippen LogP contribution in [0.25, 0.3) is 0 Å². The van der Waals surface area contributed by atoms with Crippen molar-refractivity contribution in [2.45, 2.75) is 26.8 Å². The number of nitrogens with zero attached hydrogens (tertiary/aromatic N) is 1. The molecule has 0 aliphatic heterocycles. The van der Waals surface area contributed by atoms with E-state index >= 15 is 0 Å². The van der Waals surface area contributed by atoms with Crippen LogP contribution < -0.4 is 16.3 Å². The predicted octanol–water partition coefficient (Wildman–Crippen LogP) is 0.952. The van der Waals surface area contributed by atoms with Crippen molar-refractivity contribution in [1.29, 1.82) is 0 Å². The van der Waals surface area contributed by atoms with Crippen molar-refractivity contribution in [2.24, 2.45) is 11.6 Å². The number of likely N-dealkylation sites (N-methyl/N-ethyl adjacent to an activating group) is 1. The van der Waals surface area contributed by atoms with Crippen molar-refractivity contribution < 1.29 is 9.53 Å². The third kappa shape index (κ3) is 2.47. The number of ether oxygens (including phenoxy) is 1. The van der Waals surface area contributed by atoms with Gasteiger partial charge in [-0.25, -0.2) is 5.84 Å². The van der Waals surface area contributed by atoms with Crippen molar-refractivity contribution in [1.82, 2.24) is 5.01 Å². The first-order valence-electron chi connectivity index (χ1n) is 5.73. The lowest BCUT2D eigenvalue weighted by Gasteiger charge is -2.22. The van der Waals surface area contributed by atoms with Crippen LogP contribution >= 0.6 is 0 Å². The number of carbonyl (C=O) groups is 1. The number of amides is 1. The average Bonchev–Trinajstić information content (AvgIpc) is 2.31. The number of methoxy groups -OCH3 is 1. The van der Waals surface area contributed by atoms with E-state index in [0.29, 0.717) is 11.3 Å². The fourth-order valence-electron chi connectivity index (χ4n) is 2.06. The van der Waals surface area contributed by atoms with Gasteiger partial charge in [-0.1, -0.05) is 6.07 Å². The molecule has 100 valence electrons. The molecule has 4 N–H and O–H groups in total. The Bertz CT molecular complexity index is 470. The van der Waals surface area contributed by atoms with E-state index < -0.39 is 6.04 Å². The number of hydrogen-bond acceptors (Lipinski definition) is 4. The number of aryl methyl sites for hydroxylation is 2. The summed E-state index contributed by atoms with van der Waals surface area (Å²) in [5.74, 6) is 5.76. The molecule has 0 saturated heterocycles. The predicted molar refractivity (Wildman–Crippen MR) is 71.1 cm³/mol. The Hall–Kier alpha value is -1.59. The maximum Gasteiger partial charge on any atom is 0.257 e. The SMILES string of the molecule is COc1c(C)c(C)cc(C)c1C(N)C(=O)N(C)N. The molecule has 1 aromatic carbocycles. The van der Waals surface area contributed by atoms with Gasteiger partial charge in [0.2, 0.25) is 0 Å². The number of nitrogens with two attached hydrogens (primary N) is 2. The first-order chi connectivity index (χ1) is 8.31. The summed E-state index contributed by atoms with van der Waals surface area (Å²) in [6.45, 7) is 5.85. The molecule has 0 saturated carbocycles. The van der Waals surface area contributed by atoms with E-state index in [0.717, 1.165) is 21.7 Å². The van der Waals surface area contributed by atoms with E-state index in [-0.39, 0.29) is 5.91 Å². The van der Waals surface area contributed by atoms with Gasteiger partial charge in [0.1, 0.15) is 11.8 Å². The zero-order valence-corrected chi connectivity index (χ0v) is 11.6. The highest BCUT2D eigenvalue weighted by atomic mass is 16.5. The Morgan fingerprint density at radius 1 is 1.33 bits per heavy atom. The van der Waals surface area contributed by atoms with E-state index in [4.69, 9.17) is 16.3 Å². The van der Waals surface area contributed by atoms with Crippen LogP contribution in [0.1, 0.15) is 28.3 Å². The quantitative estimate of drug-likeness (QED) is 0.476. The van der Waals surface area contributed by atoms with Gasteiger partial charge in [0.05, 0.1) is 7.11 Å². The van der Waals surface area contributed by atoms with Gasteiger partial charge in [-0.3, -0.25) is 9.80 Å².